The molecule has 1 saturated carbocycles. The SMILES string of the molecule is COc1nnc(-c2c[nH]c(=O)[nH]c2=O)cc1C1CC(C)(C)C1.[HH].[HH]. The standard InChI is InChI=1S/C15H18N4O3.2H2/c1-15(2)5-8(6-15)9-4-11(18-19-13(9)22-3)10-7-16-14(21)17-12(10)20;;/h4,7-8H,5-6H2,1-3H3,(H2,16,17,20,21);2*1H. The minimum Gasteiger partial charge on any atom is -0.480 e. The van der Waals surface area contributed by atoms with Gasteiger partial charge in [-0.1, -0.05) is 13.8 Å². The van der Waals surface area contributed by atoms with Gasteiger partial charge in [0.15, 0.2) is 0 Å². The van der Waals surface area contributed by atoms with Crippen LogP contribution in [-0.4, -0.2) is 27.3 Å². The summed E-state index contributed by atoms with van der Waals surface area (Å²) in [7, 11) is 1.56. The fourth-order valence-corrected chi connectivity index (χ4v) is 3.07. The van der Waals surface area contributed by atoms with E-state index in [1.165, 1.54) is 6.20 Å². The molecule has 1 aliphatic carbocycles. The number of methoxy groups -OCH3 is 1. The van der Waals surface area contributed by atoms with Crippen molar-refractivity contribution in [3.05, 3.63) is 38.7 Å². The smallest absolute Gasteiger partial charge is 0.325 e. The molecule has 0 radical (unpaired) electrons. The van der Waals surface area contributed by atoms with E-state index in [2.05, 4.69) is 34.0 Å². The average Bonchev–Trinajstić information content (AvgIpc) is 2.44. The van der Waals surface area contributed by atoms with Gasteiger partial charge in [0.2, 0.25) is 5.88 Å². The first-order valence-electron chi connectivity index (χ1n) is 7.13. The van der Waals surface area contributed by atoms with Crippen LogP contribution in [0.3, 0.4) is 0 Å². The molecule has 1 fully saturated rings. The van der Waals surface area contributed by atoms with E-state index in [0.717, 1.165) is 18.4 Å². The lowest BCUT2D eigenvalue weighted by molar-refractivity contribution is 0.148. The van der Waals surface area contributed by atoms with Crippen molar-refractivity contribution < 1.29 is 7.59 Å². The number of aromatic amines is 2. The Morgan fingerprint density at radius 3 is 2.64 bits per heavy atom. The maximum atomic E-state index is 11.9. The molecule has 0 atom stereocenters. The van der Waals surface area contributed by atoms with Gasteiger partial charge >= 0.3 is 5.69 Å². The van der Waals surface area contributed by atoms with Crippen molar-refractivity contribution in [1.29, 1.82) is 0 Å². The van der Waals surface area contributed by atoms with Gasteiger partial charge in [-0.25, -0.2) is 4.79 Å². The number of hydrogen-bond acceptors (Lipinski definition) is 5. The Hall–Kier alpha value is -2.44. The van der Waals surface area contributed by atoms with E-state index in [9.17, 15) is 9.59 Å². The normalized spacial score (nSPS) is 17.0. The molecule has 2 aromatic heterocycles. The number of nitrogens with zero attached hydrogens (tertiary/aromatic N) is 2. The van der Waals surface area contributed by atoms with Crippen molar-refractivity contribution in [2.45, 2.75) is 32.6 Å². The van der Waals surface area contributed by atoms with Crippen molar-refractivity contribution in [3.8, 4) is 17.1 Å². The second-order valence-electron chi connectivity index (χ2n) is 6.45. The van der Waals surface area contributed by atoms with Crippen LogP contribution in [0.15, 0.2) is 21.9 Å². The first-order valence-corrected chi connectivity index (χ1v) is 7.13. The molecule has 0 aliphatic heterocycles. The summed E-state index contributed by atoms with van der Waals surface area (Å²) in [4.78, 5) is 27.6. The zero-order valence-electron chi connectivity index (χ0n) is 12.8. The summed E-state index contributed by atoms with van der Waals surface area (Å²) >= 11 is 0. The highest BCUT2D eigenvalue weighted by Gasteiger charge is 2.38. The minimum absolute atomic E-state index is 0. The molecule has 2 heterocycles. The third-order valence-electron chi connectivity index (χ3n) is 4.11. The van der Waals surface area contributed by atoms with E-state index in [1.54, 1.807) is 7.11 Å². The molecule has 2 N–H and O–H groups in total. The molecule has 2 aromatic rings. The highest BCUT2D eigenvalue weighted by molar-refractivity contribution is 5.58. The Kier molecular flexibility index (Phi) is 3.35. The summed E-state index contributed by atoms with van der Waals surface area (Å²) in [6.07, 6.45) is 3.43. The molecule has 0 amide bonds. The molecule has 0 unspecified atom stereocenters. The third-order valence-corrected chi connectivity index (χ3v) is 4.11. The van der Waals surface area contributed by atoms with Crippen LogP contribution in [0.1, 0.15) is 41.0 Å². The zero-order chi connectivity index (χ0) is 15.9. The van der Waals surface area contributed by atoms with Crippen LogP contribution in [0.2, 0.25) is 0 Å². The summed E-state index contributed by atoms with van der Waals surface area (Å²) in [6, 6.07) is 1.83. The highest BCUT2D eigenvalue weighted by atomic mass is 16.5. The van der Waals surface area contributed by atoms with Crippen LogP contribution >= 0.6 is 0 Å². The monoisotopic (exact) mass is 306 g/mol. The summed E-state index contributed by atoms with van der Waals surface area (Å²) in [5.41, 5.74) is 0.957. The Morgan fingerprint density at radius 1 is 1.32 bits per heavy atom. The largest absolute Gasteiger partial charge is 0.480 e. The van der Waals surface area contributed by atoms with E-state index in [0.29, 0.717) is 22.9 Å². The lowest BCUT2D eigenvalue weighted by Crippen LogP contribution is -2.30. The second-order valence-corrected chi connectivity index (χ2v) is 6.45. The van der Waals surface area contributed by atoms with Gasteiger partial charge in [-0.15, -0.1) is 10.2 Å². The molecule has 0 bridgehead atoms. The van der Waals surface area contributed by atoms with Gasteiger partial charge in [0.05, 0.1) is 12.7 Å². The molecular weight excluding hydrogens is 284 g/mol. The Labute approximate surface area is 129 Å². The molecule has 1 aliphatic rings. The first kappa shape index (κ1) is 14.5. The van der Waals surface area contributed by atoms with Crippen LogP contribution in [-0.2, 0) is 0 Å². The van der Waals surface area contributed by atoms with Crippen molar-refractivity contribution >= 4 is 0 Å². The van der Waals surface area contributed by atoms with Gasteiger partial charge in [-0.2, -0.15) is 0 Å². The summed E-state index contributed by atoms with van der Waals surface area (Å²) in [6.45, 7) is 4.44. The van der Waals surface area contributed by atoms with E-state index in [4.69, 9.17) is 4.74 Å². The van der Waals surface area contributed by atoms with Gasteiger partial charge in [0.25, 0.3) is 5.56 Å². The van der Waals surface area contributed by atoms with Crippen LogP contribution in [0.4, 0.5) is 0 Å². The molecule has 0 saturated heterocycles. The number of ether oxygens (including phenoxy) is 1. The lowest BCUT2D eigenvalue weighted by atomic mass is 9.62. The highest BCUT2D eigenvalue weighted by Crippen LogP contribution is 2.52. The summed E-state index contributed by atoms with van der Waals surface area (Å²) < 4.78 is 5.29. The Balaban J connectivity index is 0.00000144. The second kappa shape index (κ2) is 5.08. The van der Waals surface area contributed by atoms with Crippen molar-refractivity contribution in [2.24, 2.45) is 5.41 Å². The quantitative estimate of drug-likeness (QED) is 0.902. The molecule has 3 rings (SSSR count). The minimum atomic E-state index is -0.545. The average molecular weight is 306 g/mol. The number of H-pyrrole nitrogens is 2. The number of hydrogen-bond donors (Lipinski definition) is 2. The maximum Gasteiger partial charge on any atom is 0.325 e. The van der Waals surface area contributed by atoms with Crippen LogP contribution in [0, 0.1) is 5.41 Å². The number of nitrogens with one attached hydrogen (secondary N) is 2. The molecule has 22 heavy (non-hydrogen) atoms. The summed E-state index contributed by atoms with van der Waals surface area (Å²) in [5, 5.41) is 8.10. The predicted octanol–water partition coefficient (Wildman–Crippen LogP) is 1.92. The molecule has 0 spiro atoms. The van der Waals surface area contributed by atoms with Crippen LogP contribution in [0.25, 0.3) is 11.3 Å². The third kappa shape index (κ3) is 2.54. The predicted molar refractivity (Wildman–Crippen MR) is 85.2 cm³/mol. The Bertz CT molecular complexity index is 824. The van der Waals surface area contributed by atoms with Crippen molar-refractivity contribution in [2.75, 3.05) is 7.11 Å². The number of rotatable bonds is 3. The van der Waals surface area contributed by atoms with Gasteiger partial charge in [-0.3, -0.25) is 9.78 Å². The lowest BCUT2D eigenvalue weighted by Gasteiger charge is -2.43. The van der Waals surface area contributed by atoms with Gasteiger partial charge in [0, 0.05) is 14.6 Å². The van der Waals surface area contributed by atoms with Gasteiger partial charge in [0.1, 0.15) is 5.69 Å². The van der Waals surface area contributed by atoms with Gasteiger partial charge < -0.3 is 9.72 Å². The fourth-order valence-electron chi connectivity index (χ4n) is 3.07. The molecule has 120 valence electrons. The molecule has 0 aromatic carbocycles. The van der Waals surface area contributed by atoms with E-state index in [-0.39, 0.29) is 8.42 Å². The van der Waals surface area contributed by atoms with Gasteiger partial charge in [-0.05, 0) is 30.2 Å². The Morgan fingerprint density at radius 2 is 2.05 bits per heavy atom. The van der Waals surface area contributed by atoms with Crippen molar-refractivity contribution in [3.63, 3.8) is 0 Å². The molecular formula is C15H22N4O3. The maximum absolute atomic E-state index is 11.9. The van der Waals surface area contributed by atoms with E-state index < -0.39 is 11.2 Å². The molecule has 7 heteroatoms. The topological polar surface area (TPSA) is 101 Å². The fraction of sp³-hybridized carbons (Fsp3) is 0.467. The van der Waals surface area contributed by atoms with Crippen LogP contribution in [0.5, 0.6) is 5.88 Å². The number of aromatic nitrogens is 4. The zero-order valence-corrected chi connectivity index (χ0v) is 12.8. The molecule has 7 nitrogen and oxygen atoms in total. The van der Waals surface area contributed by atoms with E-state index >= 15 is 0 Å². The van der Waals surface area contributed by atoms with Crippen molar-refractivity contribution in [1.82, 2.24) is 20.2 Å². The summed E-state index contributed by atoms with van der Waals surface area (Å²) in [5.74, 6) is 0.839. The first-order chi connectivity index (χ1) is 10.4. The van der Waals surface area contributed by atoms with Crippen LogP contribution < -0.4 is 16.0 Å². The van der Waals surface area contributed by atoms with E-state index in [1.807, 2.05) is 6.07 Å².